The number of hydrogen-bond donors (Lipinski definition) is 1. The van der Waals surface area contributed by atoms with Gasteiger partial charge in [-0.25, -0.2) is 0 Å². The van der Waals surface area contributed by atoms with Crippen LogP contribution >= 0.6 is 0 Å². The Morgan fingerprint density at radius 3 is 2.79 bits per heavy atom. The number of para-hydroxylation sites is 1. The molecule has 1 fully saturated rings. The van der Waals surface area contributed by atoms with Crippen molar-refractivity contribution in [2.45, 2.75) is 25.9 Å². The lowest BCUT2D eigenvalue weighted by molar-refractivity contribution is 0.407. The number of rotatable bonds is 5. The summed E-state index contributed by atoms with van der Waals surface area (Å²) < 4.78 is 4.71. The molecular weight excluding hydrogens is 240 g/mol. The normalized spacial score (nSPS) is 15.1. The lowest BCUT2D eigenvalue weighted by Gasteiger charge is -2.21. The lowest BCUT2D eigenvalue weighted by atomic mass is 10.1. The summed E-state index contributed by atoms with van der Waals surface area (Å²) in [5, 5.41) is 7.14. The zero-order valence-corrected chi connectivity index (χ0v) is 10.9. The van der Waals surface area contributed by atoms with Crippen molar-refractivity contribution in [1.29, 1.82) is 0 Å². The SMILES string of the molecule is c1ccc(N2CCCC2)c(CNCc2ncon2)c1. The minimum atomic E-state index is 0.630. The first kappa shape index (κ1) is 12.2. The van der Waals surface area contributed by atoms with Crippen LogP contribution < -0.4 is 10.2 Å². The molecule has 0 unspecified atom stereocenters. The smallest absolute Gasteiger partial charge is 0.213 e. The minimum Gasteiger partial charge on any atom is -0.371 e. The molecule has 1 aromatic carbocycles. The first-order valence-corrected chi connectivity index (χ1v) is 6.72. The van der Waals surface area contributed by atoms with Gasteiger partial charge in [0.1, 0.15) is 0 Å². The molecule has 0 aliphatic carbocycles. The summed E-state index contributed by atoms with van der Waals surface area (Å²) in [5.74, 6) is 0.693. The summed E-state index contributed by atoms with van der Waals surface area (Å²) in [6.07, 6.45) is 3.95. The fourth-order valence-electron chi connectivity index (χ4n) is 2.51. The zero-order valence-electron chi connectivity index (χ0n) is 10.9. The van der Waals surface area contributed by atoms with Crippen molar-refractivity contribution in [2.75, 3.05) is 18.0 Å². The molecule has 1 aliphatic rings. The van der Waals surface area contributed by atoms with Crippen molar-refractivity contribution in [2.24, 2.45) is 0 Å². The van der Waals surface area contributed by atoms with E-state index < -0.39 is 0 Å². The van der Waals surface area contributed by atoms with Crippen LogP contribution in [0.4, 0.5) is 5.69 Å². The monoisotopic (exact) mass is 258 g/mol. The van der Waals surface area contributed by atoms with Gasteiger partial charge in [0.2, 0.25) is 6.39 Å². The van der Waals surface area contributed by atoms with E-state index in [1.165, 1.54) is 43.6 Å². The Bertz CT molecular complexity index is 506. The van der Waals surface area contributed by atoms with Crippen LogP contribution in [-0.4, -0.2) is 23.2 Å². The first-order chi connectivity index (χ1) is 9.43. The molecule has 2 aromatic rings. The fraction of sp³-hybridized carbons (Fsp3) is 0.429. The van der Waals surface area contributed by atoms with Crippen LogP contribution in [0.2, 0.25) is 0 Å². The summed E-state index contributed by atoms with van der Waals surface area (Å²) in [6.45, 7) is 3.79. The van der Waals surface area contributed by atoms with E-state index in [1.54, 1.807) is 0 Å². The third kappa shape index (κ3) is 2.93. The molecule has 0 atom stereocenters. The standard InChI is InChI=1S/C14H18N4O/c1-2-6-13(18-7-3-4-8-18)12(5-1)9-15-10-14-16-11-19-17-14/h1-2,5-6,11,15H,3-4,7-10H2. The summed E-state index contributed by atoms with van der Waals surface area (Å²) in [7, 11) is 0. The molecule has 3 rings (SSSR count). The maximum absolute atomic E-state index is 4.71. The molecule has 19 heavy (non-hydrogen) atoms. The van der Waals surface area contributed by atoms with E-state index in [4.69, 9.17) is 4.52 Å². The van der Waals surface area contributed by atoms with E-state index in [1.807, 2.05) is 0 Å². The molecule has 0 saturated carbocycles. The van der Waals surface area contributed by atoms with Crippen molar-refractivity contribution in [3.63, 3.8) is 0 Å². The molecule has 5 heteroatoms. The molecule has 0 bridgehead atoms. The summed E-state index contributed by atoms with van der Waals surface area (Å²) >= 11 is 0. The van der Waals surface area contributed by atoms with Crippen molar-refractivity contribution in [1.82, 2.24) is 15.5 Å². The van der Waals surface area contributed by atoms with Gasteiger partial charge in [0.15, 0.2) is 5.82 Å². The Kier molecular flexibility index (Phi) is 3.74. The molecule has 0 amide bonds. The Labute approximate surface area is 112 Å². The van der Waals surface area contributed by atoms with Gasteiger partial charge < -0.3 is 14.7 Å². The third-order valence-corrected chi connectivity index (χ3v) is 3.44. The first-order valence-electron chi connectivity index (χ1n) is 6.72. The van der Waals surface area contributed by atoms with E-state index in [0.29, 0.717) is 12.4 Å². The highest BCUT2D eigenvalue weighted by Gasteiger charge is 2.14. The zero-order chi connectivity index (χ0) is 12.9. The average molecular weight is 258 g/mol. The number of anilines is 1. The van der Waals surface area contributed by atoms with Crippen LogP contribution in [-0.2, 0) is 13.1 Å². The van der Waals surface area contributed by atoms with Gasteiger partial charge in [-0.15, -0.1) is 0 Å². The maximum atomic E-state index is 4.71. The molecule has 1 N–H and O–H groups in total. The van der Waals surface area contributed by atoms with Gasteiger partial charge in [0, 0.05) is 25.3 Å². The number of hydrogen-bond acceptors (Lipinski definition) is 5. The van der Waals surface area contributed by atoms with Crippen LogP contribution in [0, 0.1) is 0 Å². The van der Waals surface area contributed by atoms with E-state index in [0.717, 1.165) is 6.54 Å². The molecule has 1 aliphatic heterocycles. The predicted octanol–water partition coefficient (Wildman–Crippen LogP) is 1.96. The van der Waals surface area contributed by atoms with Crippen LogP contribution in [0.1, 0.15) is 24.2 Å². The number of aromatic nitrogens is 2. The van der Waals surface area contributed by atoms with Crippen LogP contribution in [0.25, 0.3) is 0 Å². The van der Waals surface area contributed by atoms with E-state index in [2.05, 4.69) is 44.6 Å². The van der Waals surface area contributed by atoms with Crippen molar-refractivity contribution in [3.8, 4) is 0 Å². The van der Waals surface area contributed by atoms with Crippen LogP contribution in [0.3, 0.4) is 0 Å². The maximum Gasteiger partial charge on any atom is 0.213 e. The topological polar surface area (TPSA) is 54.2 Å². The third-order valence-electron chi connectivity index (χ3n) is 3.44. The predicted molar refractivity (Wildman–Crippen MR) is 72.7 cm³/mol. The van der Waals surface area contributed by atoms with Gasteiger partial charge >= 0.3 is 0 Å². The molecule has 0 radical (unpaired) electrons. The van der Waals surface area contributed by atoms with Gasteiger partial charge in [-0.05, 0) is 24.5 Å². The molecule has 5 nitrogen and oxygen atoms in total. The molecule has 2 heterocycles. The molecule has 1 aromatic heterocycles. The second-order valence-electron chi connectivity index (χ2n) is 4.77. The summed E-state index contributed by atoms with van der Waals surface area (Å²) in [5.41, 5.74) is 2.67. The van der Waals surface area contributed by atoms with Gasteiger partial charge in [0.25, 0.3) is 0 Å². The highest BCUT2D eigenvalue weighted by molar-refractivity contribution is 5.54. The van der Waals surface area contributed by atoms with E-state index in [9.17, 15) is 0 Å². The quantitative estimate of drug-likeness (QED) is 0.888. The highest BCUT2D eigenvalue weighted by atomic mass is 16.5. The molecule has 100 valence electrons. The number of nitrogens with zero attached hydrogens (tertiary/aromatic N) is 3. The fourth-order valence-corrected chi connectivity index (χ4v) is 2.51. The summed E-state index contributed by atoms with van der Waals surface area (Å²) in [4.78, 5) is 6.46. The van der Waals surface area contributed by atoms with Crippen molar-refractivity contribution in [3.05, 3.63) is 42.0 Å². The largest absolute Gasteiger partial charge is 0.371 e. The van der Waals surface area contributed by atoms with E-state index in [-0.39, 0.29) is 0 Å². The minimum absolute atomic E-state index is 0.630. The van der Waals surface area contributed by atoms with Gasteiger partial charge in [-0.3, -0.25) is 0 Å². The van der Waals surface area contributed by atoms with Crippen LogP contribution in [0.15, 0.2) is 35.2 Å². The van der Waals surface area contributed by atoms with E-state index >= 15 is 0 Å². The highest BCUT2D eigenvalue weighted by Crippen LogP contribution is 2.24. The van der Waals surface area contributed by atoms with Gasteiger partial charge in [0.05, 0.1) is 6.54 Å². The second kappa shape index (κ2) is 5.84. The number of nitrogens with one attached hydrogen (secondary N) is 1. The van der Waals surface area contributed by atoms with Crippen molar-refractivity contribution < 1.29 is 4.52 Å². The van der Waals surface area contributed by atoms with Gasteiger partial charge in [-0.2, -0.15) is 4.98 Å². The Hall–Kier alpha value is -1.88. The summed E-state index contributed by atoms with van der Waals surface area (Å²) in [6, 6.07) is 8.58. The number of benzene rings is 1. The molecular formula is C14H18N4O. The Morgan fingerprint density at radius 2 is 2.00 bits per heavy atom. The molecule has 1 saturated heterocycles. The molecule has 0 spiro atoms. The lowest BCUT2D eigenvalue weighted by Crippen LogP contribution is -2.21. The second-order valence-corrected chi connectivity index (χ2v) is 4.77. The Morgan fingerprint density at radius 1 is 1.16 bits per heavy atom. The Balaban J connectivity index is 1.63. The van der Waals surface area contributed by atoms with Gasteiger partial charge in [-0.1, -0.05) is 23.4 Å². The van der Waals surface area contributed by atoms with Crippen LogP contribution in [0.5, 0.6) is 0 Å². The average Bonchev–Trinajstić information content (AvgIpc) is 3.12. The van der Waals surface area contributed by atoms with Crippen molar-refractivity contribution >= 4 is 5.69 Å².